The van der Waals surface area contributed by atoms with Crippen molar-refractivity contribution in [2.75, 3.05) is 11.5 Å². The predicted octanol–water partition coefficient (Wildman–Crippen LogP) is 1.31. The maximum absolute atomic E-state index is 12.5. The Morgan fingerprint density at radius 2 is 2.13 bits per heavy atom. The molecule has 0 aromatic rings. The maximum atomic E-state index is 12.5. The number of hydrogen-bond acceptors (Lipinski definition) is 6. The molecular weight excluding hydrogens is 340 g/mol. The number of esters is 1. The Bertz CT molecular complexity index is 504. The zero-order valence-electron chi connectivity index (χ0n) is 12.9. The van der Waals surface area contributed by atoms with Gasteiger partial charge in [0.05, 0.1) is 12.2 Å². The Labute approximate surface area is 141 Å². The molecule has 23 heavy (non-hydrogen) atoms. The molecule has 8 heteroatoms. The van der Waals surface area contributed by atoms with E-state index >= 15 is 0 Å². The molecule has 0 aromatic heterocycles. The molecule has 0 N–H and O–H groups in total. The first-order chi connectivity index (χ1) is 11.0. The number of cyclic esters (lactones) is 1. The molecule has 4 unspecified atom stereocenters. The monoisotopic (exact) mass is 360 g/mol. The first kappa shape index (κ1) is 18.4. The van der Waals surface area contributed by atoms with Gasteiger partial charge in [0.2, 0.25) is 0 Å². The molecule has 0 saturated heterocycles. The first-order valence-corrected chi connectivity index (χ1v) is 10.2. The number of carbonyl (C=O) groups excluding carboxylic acids is 2. The van der Waals surface area contributed by atoms with Crippen molar-refractivity contribution in [3.8, 4) is 0 Å². The van der Waals surface area contributed by atoms with Crippen LogP contribution >= 0.6 is 0 Å². The summed E-state index contributed by atoms with van der Waals surface area (Å²) < 4.78 is 34.5. The summed E-state index contributed by atoms with van der Waals surface area (Å²) in [6.07, 6.45) is 5.20. The van der Waals surface area contributed by atoms with Crippen LogP contribution in [0.25, 0.3) is 0 Å². The van der Waals surface area contributed by atoms with Crippen LogP contribution in [-0.2, 0) is 41.4 Å². The average Bonchev–Trinajstić information content (AvgIpc) is 3.18. The minimum Gasteiger partial charge on any atom is -0.612 e. The minimum absolute atomic E-state index is 0.210. The molecule has 2 aliphatic heterocycles. The Balaban J connectivity index is 1.87. The van der Waals surface area contributed by atoms with E-state index in [4.69, 9.17) is 9.47 Å². The molecule has 0 spiro atoms. The Hall–Kier alpha value is -0.960. The Morgan fingerprint density at radius 3 is 2.70 bits per heavy atom. The second-order valence-electron chi connectivity index (χ2n) is 5.19. The number of ether oxygens (including phenoxy) is 2. The summed E-state index contributed by atoms with van der Waals surface area (Å²) in [5.41, 5.74) is 0. The number of hydrogen-bond donors (Lipinski definition) is 0. The van der Waals surface area contributed by atoms with Gasteiger partial charge in [-0.1, -0.05) is 0 Å². The summed E-state index contributed by atoms with van der Waals surface area (Å²) in [6.45, 7) is 1.77. The fourth-order valence-electron chi connectivity index (χ4n) is 2.32. The molecule has 0 aliphatic carbocycles. The second kappa shape index (κ2) is 8.77. The molecule has 0 amide bonds. The maximum Gasteiger partial charge on any atom is 0.314 e. The van der Waals surface area contributed by atoms with Crippen molar-refractivity contribution in [3.63, 3.8) is 0 Å². The highest BCUT2D eigenvalue weighted by atomic mass is 32.3. The van der Waals surface area contributed by atoms with Crippen LogP contribution < -0.4 is 0 Å². The van der Waals surface area contributed by atoms with E-state index in [0.29, 0.717) is 35.9 Å². The smallest absolute Gasteiger partial charge is 0.314 e. The van der Waals surface area contributed by atoms with Crippen molar-refractivity contribution in [3.05, 3.63) is 23.7 Å². The molecular formula is C15H20O6S2. The van der Waals surface area contributed by atoms with Crippen molar-refractivity contribution in [2.24, 2.45) is 0 Å². The molecule has 2 aliphatic rings. The lowest BCUT2D eigenvalue weighted by molar-refractivity contribution is -0.136. The molecule has 0 fully saturated rings. The average molecular weight is 360 g/mol. The van der Waals surface area contributed by atoms with E-state index in [0.717, 1.165) is 6.29 Å². The van der Waals surface area contributed by atoms with Crippen molar-refractivity contribution in [1.82, 2.24) is 0 Å². The highest BCUT2D eigenvalue weighted by molar-refractivity contribution is 8.09. The van der Waals surface area contributed by atoms with Crippen LogP contribution in [0.5, 0.6) is 0 Å². The van der Waals surface area contributed by atoms with Gasteiger partial charge in [-0.2, -0.15) is 0 Å². The van der Waals surface area contributed by atoms with Crippen molar-refractivity contribution < 1.29 is 28.2 Å². The minimum atomic E-state index is -1.35. The van der Waals surface area contributed by atoms with Crippen molar-refractivity contribution in [2.45, 2.75) is 43.3 Å². The molecule has 0 bridgehead atoms. The third kappa shape index (κ3) is 5.27. The largest absolute Gasteiger partial charge is 0.612 e. The summed E-state index contributed by atoms with van der Waals surface area (Å²) in [4.78, 5) is 21.8. The molecule has 0 radical (unpaired) electrons. The van der Waals surface area contributed by atoms with Gasteiger partial charge in [0.25, 0.3) is 4.58 Å². The molecule has 4 atom stereocenters. The summed E-state index contributed by atoms with van der Waals surface area (Å²) in [5, 5.41) is 0. The standard InChI is InChI=1S/C15H20O6S2/c1-2-22(18)15(9-12-5-6-14(17)21-12)23(19)8-7-11-3-4-13(10-16)20-11/h3,5,10,13,15H,2,4,6-9H2,1H3. The topological polar surface area (TPSA) is 98.7 Å². The molecule has 2 rings (SSSR count). The quantitative estimate of drug-likeness (QED) is 0.349. The molecule has 128 valence electrons. The van der Waals surface area contributed by atoms with Gasteiger partial charge in [-0.05, 0) is 19.1 Å². The van der Waals surface area contributed by atoms with Gasteiger partial charge in [0, 0.05) is 35.2 Å². The Morgan fingerprint density at radius 1 is 1.35 bits per heavy atom. The van der Waals surface area contributed by atoms with Crippen LogP contribution in [-0.4, -0.2) is 43.6 Å². The number of aldehydes is 1. The van der Waals surface area contributed by atoms with E-state index in [1.54, 1.807) is 13.0 Å². The zero-order valence-corrected chi connectivity index (χ0v) is 14.5. The van der Waals surface area contributed by atoms with E-state index in [-0.39, 0.29) is 18.8 Å². The van der Waals surface area contributed by atoms with Crippen molar-refractivity contribution >= 4 is 34.6 Å². The molecule has 6 nitrogen and oxygen atoms in total. The fourth-order valence-corrected chi connectivity index (χ4v) is 5.71. The molecule has 0 saturated carbocycles. The van der Waals surface area contributed by atoms with E-state index < -0.39 is 33.0 Å². The lowest BCUT2D eigenvalue weighted by atomic mass is 10.3. The number of rotatable bonds is 9. The van der Waals surface area contributed by atoms with Crippen LogP contribution in [0, 0.1) is 0 Å². The van der Waals surface area contributed by atoms with Crippen LogP contribution in [0.3, 0.4) is 0 Å². The summed E-state index contributed by atoms with van der Waals surface area (Å²) >= 11 is -2.61. The third-order valence-electron chi connectivity index (χ3n) is 3.56. The van der Waals surface area contributed by atoms with Gasteiger partial charge in [-0.25, -0.2) is 0 Å². The van der Waals surface area contributed by atoms with Crippen molar-refractivity contribution in [1.29, 1.82) is 0 Å². The SMILES string of the molecule is CC[S+]([O-])C(CC1=CCC(=O)O1)[S+]([O-])CCC1=CCC(C=O)O1. The van der Waals surface area contributed by atoms with E-state index in [1.807, 2.05) is 6.08 Å². The van der Waals surface area contributed by atoms with Gasteiger partial charge >= 0.3 is 5.97 Å². The highest BCUT2D eigenvalue weighted by Gasteiger charge is 2.36. The lowest BCUT2D eigenvalue weighted by Crippen LogP contribution is -2.34. The van der Waals surface area contributed by atoms with Gasteiger partial charge in [-0.15, -0.1) is 0 Å². The van der Waals surface area contributed by atoms with Gasteiger partial charge in [0.1, 0.15) is 23.7 Å². The van der Waals surface area contributed by atoms with Crippen LogP contribution in [0.2, 0.25) is 0 Å². The number of carbonyl (C=O) groups is 2. The highest BCUT2D eigenvalue weighted by Crippen LogP contribution is 2.26. The van der Waals surface area contributed by atoms with Crippen LogP contribution in [0.15, 0.2) is 23.7 Å². The summed E-state index contributed by atoms with van der Waals surface area (Å²) in [7, 11) is 0. The zero-order chi connectivity index (χ0) is 16.8. The summed E-state index contributed by atoms with van der Waals surface area (Å²) in [6, 6.07) is 0. The van der Waals surface area contributed by atoms with Gasteiger partial charge < -0.3 is 18.6 Å². The second-order valence-corrected chi connectivity index (χ2v) is 9.13. The predicted molar refractivity (Wildman–Crippen MR) is 87.1 cm³/mol. The normalized spacial score (nSPS) is 24.3. The lowest BCUT2D eigenvalue weighted by Gasteiger charge is -2.23. The summed E-state index contributed by atoms with van der Waals surface area (Å²) in [5.74, 6) is 1.46. The number of allylic oxidation sites excluding steroid dienone is 2. The van der Waals surface area contributed by atoms with E-state index in [2.05, 4.69) is 0 Å². The Kier molecular flexibility index (Phi) is 7.01. The molecule has 2 heterocycles. The fraction of sp³-hybridized carbons (Fsp3) is 0.600. The third-order valence-corrected chi connectivity index (χ3v) is 7.53. The van der Waals surface area contributed by atoms with E-state index in [1.165, 1.54) is 0 Å². The van der Waals surface area contributed by atoms with Gasteiger partial charge in [-0.3, -0.25) is 9.59 Å². The van der Waals surface area contributed by atoms with Gasteiger partial charge in [0.15, 0.2) is 12.4 Å². The van der Waals surface area contributed by atoms with Crippen LogP contribution in [0.4, 0.5) is 0 Å². The van der Waals surface area contributed by atoms with Crippen LogP contribution in [0.1, 0.15) is 32.6 Å². The van der Waals surface area contributed by atoms with E-state index in [9.17, 15) is 18.7 Å². The first-order valence-electron chi connectivity index (χ1n) is 7.48. The molecule has 0 aromatic carbocycles.